The van der Waals surface area contributed by atoms with Crippen molar-refractivity contribution in [1.29, 1.82) is 0 Å². The molecule has 3 atom stereocenters. The predicted molar refractivity (Wildman–Crippen MR) is 60.5 cm³/mol. The molecule has 0 spiro atoms. The Balaban J connectivity index is 1.78. The van der Waals surface area contributed by atoms with Crippen molar-refractivity contribution in [3.8, 4) is 0 Å². The van der Waals surface area contributed by atoms with Crippen LogP contribution >= 0.6 is 0 Å². The summed E-state index contributed by atoms with van der Waals surface area (Å²) in [5.74, 6) is 0.971. The van der Waals surface area contributed by atoms with Crippen molar-refractivity contribution < 1.29 is 0 Å². The van der Waals surface area contributed by atoms with E-state index in [1.165, 1.54) is 38.8 Å². The molecule has 2 rings (SSSR count). The Morgan fingerprint density at radius 2 is 2.14 bits per heavy atom. The fraction of sp³-hybridized carbons (Fsp3) is 1.00. The highest BCUT2D eigenvalue weighted by Gasteiger charge is 2.31. The SMILES string of the molecule is CCNC1CCN(C2CCC(C)C2)C1. The molecule has 3 unspecified atom stereocenters. The second kappa shape index (κ2) is 4.63. The van der Waals surface area contributed by atoms with Gasteiger partial charge in [0.2, 0.25) is 0 Å². The third-order valence-corrected chi connectivity index (χ3v) is 3.90. The summed E-state index contributed by atoms with van der Waals surface area (Å²) in [6.45, 7) is 8.36. The molecule has 0 aromatic rings. The molecule has 0 aromatic carbocycles. The van der Waals surface area contributed by atoms with Crippen molar-refractivity contribution >= 4 is 0 Å². The Kier molecular flexibility index (Phi) is 3.45. The van der Waals surface area contributed by atoms with E-state index in [1.54, 1.807) is 0 Å². The second-order valence-corrected chi connectivity index (χ2v) is 5.11. The first kappa shape index (κ1) is 10.4. The van der Waals surface area contributed by atoms with Crippen molar-refractivity contribution in [2.24, 2.45) is 5.92 Å². The standard InChI is InChI=1S/C12H24N2/c1-3-13-11-6-7-14(9-11)12-5-4-10(2)8-12/h10-13H,3-9H2,1-2H3. The van der Waals surface area contributed by atoms with Gasteiger partial charge in [0, 0.05) is 25.2 Å². The summed E-state index contributed by atoms with van der Waals surface area (Å²) in [7, 11) is 0. The van der Waals surface area contributed by atoms with E-state index in [-0.39, 0.29) is 0 Å². The molecule has 1 heterocycles. The van der Waals surface area contributed by atoms with Crippen LogP contribution in [0.1, 0.15) is 39.5 Å². The molecule has 2 aliphatic rings. The molecule has 1 aliphatic carbocycles. The first-order valence-corrected chi connectivity index (χ1v) is 6.27. The maximum atomic E-state index is 3.57. The van der Waals surface area contributed by atoms with Crippen molar-refractivity contribution in [2.75, 3.05) is 19.6 Å². The van der Waals surface area contributed by atoms with Gasteiger partial charge in [-0.25, -0.2) is 0 Å². The van der Waals surface area contributed by atoms with Crippen LogP contribution < -0.4 is 5.32 Å². The van der Waals surface area contributed by atoms with Gasteiger partial charge in [0.25, 0.3) is 0 Å². The minimum atomic E-state index is 0.774. The monoisotopic (exact) mass is 196 g/mol. The fourth-order valence-electron chi connectivity index (χ4n) is 3.08. The van der Waals surface area contributed by atoms with Gasteiger partial charge in [0.1, 0.15) is 0 Å². The molecule has 0 bridgehead atoms. The molecule has 82 valence electrons. The third kappa shape index (κ3) is 2.29. The quantitative estimate of drug-likeness (QED) is 0.741. The van der Waals surface area contributed by atoms with Crippen LogP contribution in [0.4, 0.5) is 0 Å². The van der Waals surface area contributed by atoms with Gasteiger partial charge in [-0.15, -0.1) is 0 Å². The lowest BCUT2D eigenvalue weighted by Gasteiger charge is -2.23. The van der Waals surface area contributed by atoms with Gasteiger partial charge >= 0.3 is 0 Å². The Bertz CT molecular complexity index is 181. The van der Waals surface area contributed by atoms with Crippen LogP contribution in [0.5, 0.6) is 0 Å². The molecule has 0 amide bonds. The highest BCUT2D eigenvalue weighted by atomic mass is 15.2. The lowest BCUT2D eigenvalue weighted by Crippen LogP contribution is -2.36. The normalized spacial score (nSPS) is 39.4. The van der Waals surface area contributed by atoms with Gasteiger partial charge in [-0.1, -0.05) is 13.8 Å². The van der Waals surface area contributed by atoms with Crippen LogP contribution in [-0.4, -0.2) is 36.6 Å². The minimum absolute atomic E-state index is 0.774. The topological polar surface area (TPSA) is 15.3 Å². The lowest BCUT2D eigenvalue weighted by molar-refractivity contribution is 0.236. The summed E-state index contributed by atoms with van der Waals surface area (Å²) < 4.78 is 0. The van der Waals surface area contributed by atoms with Gasteiger partial charge in [-0.2, -0.15) is 0 Å². The average molecular weight is 196 g/mol. The summed E-state index contributed by atoms with van der Waals surface area (Å²) in [6, 6.07) is 1.68. The minimum Gasteiger partial charge on any atom is -0.313 e. The molecule has 1 saturated carbocycles. The molecule has 1 N–H and O–H groups in total. The van der Waals surface area contributed by atoms with E-state index >= 15 is 0 Å². The molecule has 1 saturated heterocycles. The van der Waals surface area contributed by atoms with E-state index in [9.17, 15) is 0 Å². The summed E-state index contributed by atoms with van der Waals surface area (Å²) >= 11 is 0. The van der Waals surface area contributed by atoms with E-state index in [0.717, 1.165) is 24.5 Å². The second-order valence-electron chi connectivity index (χ2n) is 5.11. The van der Waals surface area contributed by atoms with Crippen LogP contribution in [0.15, 0.2) is 0 Å². The van der Waals surface area contributed by atoms with Crippen LogP contribution in [0, 0.1) is 5.92 Å². The van der Waals surface area contributed by atoms with Crippen LogP contribution in [0.3, 0.4) is 0 Å². The summed E-state index contributed by atoms with van der Waals surface area (Å²) in [6.07, 6.45) is 5.70. The third-order valence-electron chi connectivity index (χ3n) is 3.90. The Hall–Kier alpha value is -0.0800. The molecule has 0 radical (unpaired) electrons. The molecule has 14 heavy (non-hydrogen) atoms. The van der Waals surface area contributed by atoms with Crippen molar-refractivity contribution in [3.63, 3.8) is 0 Å². The lowest BCUT2D eigenvalue weighted by atomic mass is 10.1. The van der Waals surface area contributed by atoms with E-state index in [1.807, 2.05) is 0 Å². The molecular formula is C12H24N2. The number of hydrogen-bond donors (Lipinski definition) is 1. The summed E-state index contributed by atoms with van der Waals surface area (Å²) in [5, 5.41) is 3.57. The molecule has 2 heteroatoms. The zero-order valence-electron chi connectivity index (χ0n) is 9.63. The largest absolute Gasteiger partial charge is 0.313 e. The van der Waals surface area contributed by atoms with Gasteiger partial charge in [-0.3, -0.25) is 4.90 Å². The van der Waals surface area contributed by atoms with E-state index in [4.69, 9.17) is 0 Å². The zero-order valence-corrected chi connectivity index (χ0v) is 9.63. The number of rotatable bonds is 3. The summed E-state index contributed by atoms with van der Waals surface area (Å²) in [4.78, 5) is 2.72. The Labute approximate surface area is 88.1 Å². The molecule has 0 aromatic heterocycles. The van der Waals surface area contributed by atoms with Crippen LogP contribution in [-0.2, 0) is 0 Å². The van der Waals surface area contributed by atoms with Crippen LogP contribution in [0.2, 0.25) is 0 Å². The highest BCUT2D eigenvalue weighted by molar-refractivity contribution is 4.88. The molecule has 2 fully saturated rings. The Morgan fingerprint density at radius 3 is 2.79 bits per heavy atom. The first-order chi connectivity index (χ1) is 6.79. The van der Waals surface area contributed by atoms with Crippen molar-refractivity contribution in [3.05, 3.63) is 0 Å². The van der Waals surface area contributed by atoms with Crippen molar-refractivity contribution in [1.82, 2.24) is 10.2 Å². The first-order valence-electron chi connectivity index (χ1n) is 6.27. The number of nitrogens with zero attached hydrogens (tertiary/aromatic N) is 1. The fourth-order valence-corrected chi connectivity index (χ4v) is 3.08. The zero-order chi connectivity index (χ0) is 9.97. The molecule has 1 aliphatic heterocycles. The van der Waals surface area contributed by atoms with Crippen molar-refractivity contribution in [2.45, 2.75) is 51.6 Å². The van der Waals surface area contributed by atoms with E-state index < -0.39 is 0 Å². The number of likely N-dealkylation sites (tertiary alicyclic amines) is 1. The maximum Gasteiger partial charge on any atom is 0.0207 e. The Morgan fingerprint density at radius 1 is 1.29 bits per heavy atom. The number of nitrogens with one attached hydrogen (secondary N) is 1. The number of likely N-dealkylation sites (N-methyl/N-ethyl adjacent to an activating group) is 1. The average Bonchev–Trinajstić information content (AvgIpc) is 2.74. The molecule has 2 nitrogen and oxygen atoms in total. The number of hydrogen-bond acceptors (Lipinski definition) is 2. The van der Waals surface area contributed by atoms with Crippen LogP contribution in [0.25, 0.3) is 0 Å². The van der Waals surface area contributed by atoms with Gasteiger partial charge in [0.15, 0.2) is 0 Å². The van der Waals surface area contributed by atoms with Gasteiger partial charge in [-0.05, 0) is 38.1 Å². The maximum absolute atomic E-state index is 3.57. The highest BCUT2D eigenvalue weighted by Crippen LogP contribution is 2.30. The predicted octanol–water partition coefficient (Wildman–Crippen LogP) is 1.86. The van der Waals surface area contributed by atoms with E-state index in [0.29, 0.717) is 0 Å². The van der Waals surface area contributed by atoms with E-state index in [2.05, 4.69) is 24.1 Å². The van der Waals surface area contributed by atoms with Gasteiger partial charge < -0.3 is 5.32 Å². The molecular weight excluding hydrogens is 172 g/mol. The summed E-state index contributed by atoms with van der Waals surface area (Å²) in [5.41, 5.74) is 0. The van der Waals surface area contributed by atoms with Gasteiger partial charge in [0.05, 0.1) is 0 Å². The smallest absolute Gasteiger partial charge is 0.0207 e.